The smallest absolute Gasteiger partial charge is 0.255 e. The molecule has 0 saturated heterocycles. The van der Waals surface area contributed by atoms with E-state index in [0.717, 1.165) is 12.1 Å². The topological polar surface area (TPSA) is 47.6 Å². The minimum atomic E-state index is -0.841. The molecule has 4 nitrogen and oxygen atoms in total. The molecule has 0 unspecified atom stereocenters. The Morgan fingerprint density at radius 2 is 1.66 bits per heavy atom. The molecule has 168 valence electrons. The lowest BCUT2D eigenvalue weighted by atomic mass is 9.87. The summed E-state index contributed by atoms with van der Waals surface area (Å²) in [4.78, 5) is 12.6. The van der Waals surface area contributed by atoms with Crippen LogP contribution < -0.4 is 14.8 Å². The molecule has 0 aliphatic rings. The maximum absolute atomic E-state index is 13.9. The fourth-order valence-corrected chi connectivity index (χ4v) is 3.13. The Hall–Kier alpha value is -3.41. The van der Waals surface area contributed by atoms with Crippen molar-refractivity contribution in [1.82, 2.24) is 0 Å². The van der Waals surface area contributed by atoms with Gasteiger partial charge in [-0.05, 0) is 60.4 Å². The number of anilines is 1. The summed E-state index contributed by atoms with van der Waals surface area (Å²) in [5.74, 6) is -0.774. The van der Waals surface area contributed by atoms with Gasteiger partial charge in [0.1, 0.15) is 29.7 Å². The summed E-state index contributed by atoms with van der Waals surface area (Å²) in [5, 5.41) is 2.46. The zero-order chi connectivity index (χ0) is 23.3. The highest BCUT2D eigenvalue weighted by Crippen LogP contribution is 2.27. The first-order valence-electron chi connectivity index (χ1n) is 10.4. The molecule has 0 saturated carbocycles. The van der Waals surface area contributed by atoms with E-state index in [0.29, 0.717) is 29.2 Å². The minimum absolute atomic E-state index is 0.0480. The maximum Gasteiger partial charge on any atom is 0.255 e. The van der Waals surface area contributed by atoms with Gasteiger partial charge >= 0.3 is 0 Å². The molecule has 0 atom stereocenters. The Bertz CT molecular complexity index is 1090. The molecule has 0 aliphatic carbocycles. The van der Waals surface area contributed by atoms with Gasteiger partial charge in [-0.15, -0.1) is 0 Å². The molecule has 3 aromatic carbocycles. The second-order valence-corrected chi connectivity index (χ2v) is 8.40. The van der Waals surface area contributed by atoms with Crippen molar-refractivity contribution in [3.63, 3.8) is 0 Å². The zero-order valence-electron chi connectivity index (χ0n) is 18.7. The normalized spacial score (nSPS) is 11.2. The quantitative estimate of drug-likeness (QED) is 0.458. The lowest BCUT2D eigenvalue weighted by Crippen LogP contribution is -2.14. The molecule has 6 heteroatoms. The molecule has 1 N–H and O–H groups in total. The minimum Gasteiger partial charge on any atom is -0.493 e. The third kappa shape index (κ3) is 5.84. The summed E-state index contributed by atoms with van der Waals surface area (Å²) in [5.41, 5.74) is 2.14. The van der Waals surface area contributed by atoms with Gasteiger partial charge in [-0.2, -0.15) is 0 Å². The summed E-state index contributed by atoms with van der Waals surface area (Å²) in [7, 11) is 0. The summed E-state index contributed by atoms with van der Waals surface area (Å²) in [6.45, 7) is 8.95. The highest BCUT2D eigenvalue weighted by molar-refractivity contribution is 6.04. The average Bonchev–Trinajstić information content (AvgIpc) is 2.74. The van der Waals surface area contributed by atoms with E-state index in [1.54, 1.807) is 18.2 Å². The summed E-state index contributed by atoms with van der Waals surface area (Å²) >= 11 is 0. The monoisotopic (exact) mass is 439 g/mol. The van der Waals surface area contributed by atoms with Gasteiger partial charge in [0.05, 0.1) is 12.3 Å². The van der Waals surface area contributed by atoms with Crippen LogP contribution in [0.25, 0.3) is 0 Å². The number of halogens is 2. The molecule has 3 rings (SSSR count). The number of carbonyl (C=O) groups is 1. The fraction of sp³-hybridized carbons (Fsp3) is 0.269. The molecule has 0 bridgehead atoms. The predicted octanol–water partition coefficient (Wildman–Crippen LogP) is 6.49. The predicted molar refractivity (Wildman–Crippen MR) is 121 cm³/mol. The Labute approximate surface area is 187 Å². The van der Waals surface area contributed by atoms with Crippen LogP contribution in [0.15, 0.2) is 60.7 Å². The van der Waals surface area contributed by atoms with Gasteiger partial charge in [0, 0.05) is 17.2 Å². The van der Waals surface area contributed by atoms with Crippen molar-refractivity contribution in [2.45, 2.75) is 39.7 Å². The molecular formula is C26H27F2NO3. The van der Waals surface area contributed by atoms with E-state index in [4.69, 9.17) is 9.47 Å². The van der Waals surface area contributed by atoms with Crippen LogP contribution in [-0.4, -0.2) is 12.5 Å². The van der Waals surface area contributed by atoms with E-state index in [1.807, 2.05) is 31.2 Å². The van der Waals surface area contributed by atoms with E-state index >= 15 is 0 Å². The van der Waals surface area contributed by atoms with Crippen LogP contribution in [0, 0.1) is 11.6 Å². The molecule has 0 aliphatic heterocycles. The standard InChI is InChI=1S/C26H27F2NO3/c1-5-31-24-13-6-17(25(30)29-23-12-9-20(27)15-22(23)28)14-18(24)16-32-21-10-7-19(8-11-21)26(2,3)4/h6-15H,5,16H2,1-4H3,(H,29,30). The highest BCUT2D eigenvalue weighted by Gasteiger charge is 2.15. The third-order valence-corrected chi connectivity index (χ3v) is 4.92. The summed E-state index contributed by atoms with van der Waals surface area (Å²) in [6.07, 6.45) is 0. The van der Waals surface area contributed by atoms with Crippen molar-refractivity contribution < 1.29 is 23.0 Å². The van der Waals surface area contributed by atoms with E-state index in [-0.39, 0.29) is 17.7 Å². The second-order valence-electron chi connectivity index (χ2n) is 8.40. The van der Waals surface area contributed by atoms with Crippen molar-refractivity contribution in [2.24, 2.45) is 0 Å². The van der Waals surface area contributed by atoms with Crippen LogP contribution in [0.2, 0.25) is 0 Å². The van der Waals surface area contributed by atoms with Gasteiger partial charge in [-0.1, -0.05) is 32.9 Å². The van der Waals surface area contributed by atoms with E-state index < -0.39 is 17.5 Å². The number of hydrogen-bond donors (Lipinski definition) is 1. The molecular weight excluding hydrogens is 412 g/mol. The first-order chi connectivity index (χ1) is 15.2. The largest absolute Gasteiger partial charge is 0.493 e. The number of amides is 1. The van der Waals surface area contributed by atoms with Crippen molar-refractivity contribution in [3.8, 4) is 11.5 Å². The van der Waals surface area contributed by atoms with Crippen molar-refractivity contribution in [3.05, 3.63) is 89.0 Å². The number of rotatable bonds is 7. The Morgan fingerprint density at radius 3 is 2.28 bits per heavy atom. The van der Waals surface area contributed by atoms with Gasteiger partial charge in [0.15, 0.2) is 0 Å². The molecule has 1 amide bonds. The van der Waals surface area contributed by atoms with Gasteiger partial charge < -0.3 is 14.8 Å². The number of hydrogen-bond acceptors (Lipinski definition) is 3. The second kappa shape index (κ2) is 9.81. The molecule has 0 radical (unpaired) electrons. The van der Waals surface area contributed by atoms with Gasteiger partial charge in [0.25, 0.3) is 5.91 Å². The number of nitrogens with one attached hydrogen (secondary N) is 1. The molecule has 0 heterocycles. The van der Waals surface area contributed by atoms with Crippen LogP contribution in [0.3, 0.4) is 0 Å². The maximum atomic E-state index is 13.9. The van der Waals surface area contributed by atoms with E-state index in [1.165, 1.54) is 11.6 Å². The first kappa shape index (κ1) is 23.3. The van der Waals surface area contributed by atoms with Crippen LogP contribution in [0.4, 0.5) is 14.5 Å². The Morgan fingerprint density at radius 1 is 0.938 bits per heavy atom. The average molecular weight is 440 g/mol. The summed E-state index contributed by atoms with van der Waals surface area (Å²) < 4.78 is 38.6. The molecule has 32 heavy (non-hydrogen) atoms. The Kier molecular flexibility index (Phi) is 7.13. The zero-order valence-corrected chi connectivity index (χ0v) is 18.7. The lowest BCUT2D eigenvalue weighted by Gasteiger charge is -2.19. The van der Waals surface area contributed by atoms with Crippen molar-refractivity contribution in [2.75, 3.05) is 11.9 Å². The van der Waals surface area contributed by atoms with Gasteiger partial charge in [-0.3, -0.25) is 4.79 Å². The van der Waals surface area contributed by atoms with E-state index in [9.17, 15) is 13.6 Å². The fourth-order valence-electron chi connectivity index (χ4n) is 3.13. The third-order valence-electron chi connectivity index (χ3n) is 4.92. The van der Waals surface area contributed by atoms with Gasteiger partial charge in [-0.25, -0.2) is 8.78 Å². The number of ether oxygens (including phenoxy) is 2. The van der Waals surface area contributed by atoms with Crippen molar-refractivity contribution in [1.29, 1.82) is 0 Å². The van der Waals surface area contributed by atoms with Crippen LogP contribution in [0.5, 0.6) is 11.5 Å². The molecule has 0 fully saturated rings. The first-order valence-corrected chi connectivity index (χ1v) is 10.4. The molecule has 3 aromatic rings. The van der Waals surface area contributed by atoms with Crippen LogP contribution in [-0.2, 0) is 12.0 Å². The van der Waals surface area contributed by atoms with Crippen molar-refractivity contribution >= 4 is 11.6 Å². The highest BCUT2D eigenvalue weighted by atomic mass is 19.1. The molecule has 0 aromatic heterocycles. The van der Waals surface area contributed by atoms with E-state index in [2.05, 4.69) is 26.1 Å². The lowest BCUT2D eigenvalue weighted by molar-refractivity contribution is 0.102. The Balaban J connectivity index is 1.77. The van der Waals surface area contributed by atoms with Crippen LogP contribution in [0.1, 0.15) is 49.2 Å². The number of carbonyl (C=O) groups excluding carboxylic acids is 1. The summed E-state index contributed by atoms with van der Waals surface area (Å²) in [6, 6.07) is 15.8. The van der Waals surface area contributed by atoms with Gasteiger partial charge in [0.2, 0.25) is 0 Å². The molecule has 0 spiro atoms. The number of benzene rings is 3. The SMILES string of the molecule is CCOc1ccc(C(=O)Nc2ccc(F)cc2F)cc1COc1ccc(C(C)(C)C)cc1. The van der Waals surface area contributed by atoms with Crippen LogP contribution >= 0.6 is 0 Å².